The van der Waals surface area contributed by atoms with Gasteiger partial charge in [-0.1, -0.05) is 0 Å². The molecule has 0 aromatic heterocycles. The summed E-state index contributed by atoms with van der Waals surface area (Å²) in [7, 11) is 0.373. The number of likely N-dealkylation sites (tertiary alicyclic amines) is 1. The third kappa shape index (κ3) is 3.28. The Morgan fingerprint density at radius 2 is 1.75 bits per heavy atom. The van der Waals surface area contributed by atoms with Gasteiger partial charge < -0.3 is 4.90 Å². The molecule has 2 aliphatic heterocycles. The summed E-state index contributed by atoms with van der Waals surface area (Å²) in [5.74, 6) is 0.0320. The average molecular weight is 351 g/mol. The van der Waals surface area contributed by atoms with E-state index in [1.807, 2.05) is 4.90 Å². The molecule has 2 atom stereocenters. The van der Waals surface area contributed by atoms with E-state index in [0.29, 0.717) is 23.3 Å². The molecule has 7 heteroatoms. The molecule has 2 heterocycles. The molecule has 0 saturated carbocycles. The summed E-state index contributed by atoms with van der Waals surface area (Å²) in [5, 5.41) is 0. The van der Waals surface area contributed by atoms with E-state index >= 15 is 0 Å². The van der Waals surface area contributed by atoms with Gasteiger partial charge in [-0.25, -0.2) is 8.42 Å². The smallest absolute Gasteiger partial charge is 0.253 e. The largest absolute Gasteiger partial charge is 0.337 e. The van der Waals surface area contributed by atoms with Crippen LogP contribution < -0.4 is 4.31 Å². The van der Waals surface area contributed by atoms with Gasteiger partial charge in [0.15, 0.2) is 0 Å². The zero-order valence-electron chi connectivity index (χ0n) is 14.5. The lowest BCUT2D eigenvalue weighted by Crippen LogP contribution is -2.39. The van der Waals surface area contributed by atoms with Crippen molar-refractivity contribution in [2.75, 3.05) is 37.7 Å². The van der Waals surface area contributed by atoms with Gasteiger partial charge in [0.2, 0.25) is 10.0 Å². The van der Waals surface area contributed by atoms with Gasteiger partial charge in [0.25, 0.3) is 5.91 Å². The molecular weight excluding hydrogens is 326 g/mol. The molecule has 1 amide bonds. The van der Waals surface area contributed by atoms with E-state index in [4.69, 9.17) is 0 Å². The van der Waals surface area contributed by atoms with Gasteiger partial charge >= 0.3 is 0 Å². The number of anilines is 1. The van der Waals surface area contributed by atoms with Crippen molar-refractivity contribution in [3.63, 3.8) is 0 Å². The van der Waals surface area contributed by atoms with E-state index in [9.17, 15) is 13.2 Å². The average Bonchev–Trinajstić information content (AvgIpc) is 2.78. The summed E-state index contributed by atoms with van der Waals surface area (Å²) >= 11 is 0. The maximum Gasteiger partial charge on any atom is 0.253 e. The van der Waals surface area contributed by atoms with Gasteiger partial charge in [-0.3, -0.25) is 14.0 Å². The van der Waals surface area contributed by atoms with Crippen LogP contribution in [0.1, 0.15) is 29.6 Å². The number of amides is 1. The Hall–Kier alpha value is -1.60. The Morgan fingerprint density at radius 1 is 1.12 bits per heavy atom. The summed E-state index contributed by atoms with van der Waals surface area (Å²) in [5.41, 5.74) is 1.17. The van der Waals surface area contributed by atoms with Crippen LogP contribution in [0.2, 0.25) is 0 Å². The number of rotatable bonds is 3. The van der Waals surface area contributed by atoms with E-state index in [1.165, 1.54) is 17.8 Å². The van der Waals surface area contributed by atoms with Crippen molar-refractivity contribution in [3.05, 3.63) is 29.8 Å². The molecule has 0 aliphatic carbocycles. The molecule has 3 rings (SSSR count). The van der Waals surface area contributed by atoms with E-state index in [-0.39, 0.29) is 5.91 Å². The Kier molecular flexibility index (Phi) is 4.57. The normalized spacial score (nSPS) is 24.7. The molecule has 6 nitrogen and oxygen atoms in total. The van der Waals surface area contributed by atoms with E-state index in [2.05, 4.69) is 11.9 Å². The standard InChI is InChI=1S/C17H25N3O3S/c1-18-14-8-9-16(18)12-20(11-10-14)17(21)13-4-6-15(7-5-13)19(2)24(3,22)23/h4-7,14,16H,8-12H2,1-3H3/t14-,16+/m1/s1. The monoisotopic (exact) mass is 351 g/mol. The molecule has 0 spiro atoms. The lowest BCUT2D eigenvalue weighted by molar-refractivity contribution is 0.0740. The molecule has 2 aliphatic rings. The highest BCUT2D eigenvalue weighted by Gasteiger charge is 2.36. The minimum atomic E-state index is -3.29. The lowest BCUT2D eigenvalue weighted by atomic mass is 10.1. The maximum absolute atomic E-state index is 12.8. The third-order valence-corrected chi connectivity index (χ3v) is 6.62. The van der Waals surface area contributed by atoms with Crippen LogP contribution in [0.3, 0.4) is 0 Å². The fraction of sp³-hybridized carbons (Fsp3) is 0.588. The fourth-order valence-corrected chi connectivity index (χ4v) is 4.19. The van der Waals surface area contributed by atoms with Crippen molar-refractivity contribution in [3.8, 4) is 0 Å². The van der Waals surface area contributed by atoms with Crippen molar-refractivity contribution in [2.24, 2.45) is 0 Å². The molecule has 1 aromatic carbocycles. The fourth-order valence-electron chi connectivity index (χ4n) is 3.68. The summed E-state index contributed by atoms with van der Waals surface area (Å²) < 4.78 is 24.4. The van der Waals surface area contributed by atoms with Crippen LogP contribution in [0.15, 0.2) is 24.3 Å². The number of fused-ring (bicyclic) bond motifs is 2. The zero-order valence-corrected chi connectivity index (χ0v) is 15.3. The molecule has 2 saturated heterocycles. The van der Waals surface area contributed by atoms with Crippen molar-refractivity contribution >= 4 is 21.6 Å². The number of carbonyl (C=O) groups excluding carboxylic acids is 1. The predicted molar refractivity (Wildman–Crippen MR) is 94.8 cm³/mol. The first-order valence-corrected chi connectivity index (χ1v) is 10.2. The molecule has 0 unspecified atom stereocenters. The SMILES string of the molecule is CN1[C@@H]2CC[C@H]1CN(C(=O)c1ccc(N(C)S(C)(=O)=O)cc1)CC2. The number of nitrogens with zero attached hydrogens (tertiary/aromatic N) is 3. The second kappa shape index (κ2) is 6.37. The number of benzene rings is 1. The van der Waals surface area contributed by atoms with Crippen molar-refractivity contribution in [1.29, 1.82) is 0 Å². The van der Waals surface area contributed by atoms with Crippen LogP contribution in [-0.2, 0) is 10.0 Å². The van der Waals surface area contributed by atoms with Crippen molar-refractivity contribution in [2.45, 2.75) is 31.3 Å². The molecular formula is C17H25N3O3S. The highest BCUT2D eigenvalue weighted by molar-refractivity contribution is 7.92. The van der Waals surface area contributed by atoms with Gasteiger partial charge in [0.05, 0.1) is 11.9 Å². The van der Waals surface area contributed by atoms with Crippen LogP contribution in [0.25, 0.3) is 0 Å². The van der Waals surface area contributed by atoms with Crippen molar-refractivity contribution < 1.29 is 13.2 Å². The zero-order chi connectivity index (χ0) is 17.5. The van der Waals surface area contributed by atoms with Crippen molar-refractivity contribution in [1.82, 2.24) is 9.80 Å². The van der Waals surface area contributed by atoms with Gasteiger partial charge in [-0.05, 0) is 50.6 Å². The van der Waals surface area contributed by atoms with Gasteiger partial charge in [-0.2, -0.15) is 0 Å². The number of sulfonamides is 1. The number of hydrogen-bond acceptors (Lipinski definition) is 4. The Bertz CT molecular complexity index is 717. The van der Waals surface area contributed by atoms with E-state index < -0.39 is 10.0 Å². The Balaban J connectivity index is 1.74. The third-order valence-electron chi connectivity index (χ3n) is 5.41. The van der Waals surface area contributed by atoms with Crippen LogP contribution in [0.5, 0.6) is 0 Å². The first-order valence-electron chi connectivity index (χ1n) is 8.32. The first-order chi connectivity index (χ1) is 11.3. The molecule has 24 heavy (non-hydrogen) atoms. The minimum Gasteiger partial charge on any atom is -0.337 e. The van der Waals surface area contributed by atoms with Gasteiger partial charge in [-0.15, -0.1) is 0 Å². The first kappa shape index (κ1) is 17.2. The van der Waals surface area contributed by atoms with Crippen LogP contribution in [0.4, 0.5) is 5.69 Å². The number of hydrogen-bond donors (Lipinski definition) is 0. The number of carbonyl (C=O) groups is 1. The summed E-state index contributed by atoms with van der Waals surface area (Å²) in [6.07, 6.45) is 4.57. The lowest BCUT2D eigenvalue weighted by Gasteiger charge is -2.26. The van der Waals surface area contributed by atoms with E-state index in [1.54, 1.807) is 24.3 Å². The van der Waals surface area contributed by atoms with Gasteiger partial charge in [0.1, 0.15) is 0 Å². The topological polar surface area (TPSA) is 60.9 Å². The molecule has 2 fully saturated rings. The minimum absolute atomic E-state index is 0.0320. The van der Waals surface area contributed by atoms with E-state index in [0.717, 1.165) is 32.2 Å². The number of likely N-dealkylation sites (N-methyl/N-ethyl adjacent to an activating group) is 1. The molecule has 1 aromatic rings. The molecule has 0 N–H and O–H groups in total. The molecule has 2 bridgehead atoms. The quantitative estimate of drug-likeness (QED) is 0.826. The van der Waals surface area contributed by atoms with Crippen LogP contribution in [0, 0.1) is 0 Å². The highest BCUT2D eigenvalue weighted by atomic mass is 32.2. The van der Waals surface area contributed by atoms with Gasteiger partial charge in [0, 0.05) is 37.8 Å². The summed E-state index contributed by atoms with van der Waals surface area (Å²) in [6.45, 7) is 1.56. The predicted octanol–water partition coefficient (Wildman–Crippen LogP) is 1.39. The summed E-state index contributed by atoms with van der Waals surface area (Å²) in [6, 6.07) is 7.85. The molecule has 0 radical (unpaired) electrons. The Labute approximate surface area is 144 Å². The summed E-state index contributed by atoms with van der Waals surface area (Å²) in [4.78, 5) is 17.1. The van der Waals surface area contributed by atoms with Crippen LogP contribution >= 0.6 is 0 Å². The highest BCUT2D eigenvalue weighted by Crippen LogP contribution is 2.29. The van der Waals surface area contributed by atoms with Crippen LogP contribution in [-0.4, -0.2) is 69.6 Å². The molecule has 132 valence electrons. The second-order valence-corrected chi connectivity index (χ2v) is 8.88. The maximum atomic E-state index is 12.8. The Morgan fingerprint density at radius 3 is 2.38 bits per heavy atom. The second-order valence-electron chi connectivity index (χ2n) is 6.87.